The summed E-state index contributed by atoms with van der Waals surface area (Å²) in [6, 6.07) is 31.1. The lowest BCUT2D eigenvalue weighted by Gasteiger charge is -1.99. The van der Waals surface area contributed by atoms with Gasteiger partial charge in [0.05, 0.1) is 21.1 Å². The average Bonchev–Trinajstić information content (AvgIpc) is 3.62. The van der Waals surface area contributed by atoms with Gasteiger partial charge >= 0.3 is 0 Å². The molecule has 0 saturated heterocycles. The molecule has 170 valence electrons. The lowest BCUT2D eigenvalue weighted by atomic mass is 10.2. The number of hydrogen-bond donors (Lipinski definition) is 0. The van der Waals surface area contributed by atoms with Crippen LogP contribution in [0.15, 0.2) is 91.0 Å². The molecule has 3 aromatic heterocycles. The van der Waals surface area contributed by atoms with Crippen LogP contribution in [0.4, 0.5) is 0 Å². The molecule has 0 bridgehead atoms. The Morgan fingerprint density at radius 2 is 0.886 bits per heavy atom. The van der Waals surface area contributed by atoms with Gasteiger partial charge < -0.3 is 0 Å². The maximum Gasteiger partial charge on any atom is 0.124 e. The van der Waals surface area contributed by atoms with Crippen LogP contribution in [0.1, 0.15) is 10.6 Å². The van der Waals surface area contributed by atoms with Crippen LogP contribution in [0.3, 0.4) is 0 Å². The van der Waals surface area contributed by atoms with E-state index in [1.807, 2.05) is 18.2 Å². The van der Waals surface area contributed by atoms with E-state index in [-0.39, 0.29) is 0 Å². The summed E-state index contributed by atoms with van der Waals surface area (Å²) in [5, 5.41) is 3.04. The van der Waals surface area contributed by atoms with E-state index in [1.54, 1.807) is 34.0 Å². The third-order valence-corrected chi connectivity index (χ3v) is 9.06. The molecule has 0 N–H and O–H groups in total. The highest BCUT2D eigenvalue weighted by Crippen LogP contribution is 2.46. The van der Waals surface area contributed by atoms with Gasteiger partial charge in [0, 0.05) is 21.6 Å². The number of hydrogen-bond acceptors (Lipinski definition) is 6. The minimum atomic E-state index is 0.971. The number of rotatable bonds is 5. The van der Waals surface area contributed by atoms with E-state index >= 15 is 0 Å². The smallest absolute Gasteiger partial charge is 0.124 e. The Balaban J connectivity index is 1.53. The Morgan fingerprint density at radius 3 is 1.43 bits per heavy atom. The molecule has 0 aliphatic heterocycles. The van der Waals surface area contributed by atoms with Crippen molar-refractivity contribution in [3.63, 3.8) is 0 Å². The van der Waals surface area contributed by atoms with Crippen molar-refractivity contribution in [3.8, 4) is 52.9 Å². The summed E-state index contributed by atoms with van der Waals surface area (Å²) < 4.78 is 0. The molecule has 0 radical (unpaired) electrons. The van der Waals surface area contributed by atoms with Crippen molar-refractivity contribution >= 4 is 34.0 Å². The van der Waals surface area contributed by atoms with E-state index in [0.29, 0.717) is 0 Å². The molecule has 0 aliphatic rings. The van der Waals surface area contributed by atoms with Gasteiger partial charge in [-0.25, -0.2) is 15.0 Å². The summed E-state index contributed by atoms with van der Waals surface area (Å²) in [7, 11) is 0. The summed E-state index contributed by atoms with van der Waals surface area (Å²) in [5.74, 6) is 0. The second-order valence-corrected chi connectivity index (χ2v) is 11.4. The first kappa shape index (κ1) is 22.0. The van der Waals surface area contributed by atoms with Crippen molar-refractivity contribution in [2.45, 2.75) is 13.8 Å². The highest BCUT2D eigenvalue weighted by atomic mass is 32.1. The van der Waals surface area contributed by atoms with E-state index in [1.165, 1.54) is 4.88 Å². The van der Waals surface area contributed by atoms with Gasteiger partial charge in [-0.05, 0) is 13.8 Å². The topological polar surface area (TPSA) is 38.7 Å². The van der Waals surface area contributed by atoms with Crippen LogP contribution < -0.4 is 0 Å². The van der Waals surface area contributed by atoms with Gasteiger partial charge in [0.15, 0.2) is 0 Å². The third-order valence-electron chi connectivity index (χ3n) is 5.71. The molecular weight excluding hydrogens is 487 g/mol. The van der Waals surface area contributed by atoms with E-state index in [4.69, 9.17) is 15.0 Å². The molecule has 0 spiro atoms. The SMILES string of the molecule is Cc1nc(-c2ccccc2)sc1-c1nc(-c2ccccc2)sc1-c1nc(-c2ccccc2)sc1C. The van der Waals surface area contributed by atoms with Crippen LogP contribution in [-0.4, -0.2) is 15.0 Å². The first-order valence-electron chi connectivity index (χ1n) is 11.3. The maximum atomic E-state index is 5.17. The van der Waals surface area contributed by atoms with Crippen molar-refractivity contribution < 1.29 is 0 Å². The lowest BCUT2D eigenvalue weighted by Crippen LogP contribution is -1.85. The average molecular weight is 508 g/mol. The number of aryl methyl sites for hydroxylation is 2. The Bertz CT molecular complexity index is 1500. The van der Waals surface area contributed by atoms with Gasteiger partial charge in [0.25, 0.3) is 0 Å². The standard InChI is InChI=1S/C29H21N3S3/c1-18-25(34-27(30-18)20-12-6-3-7-13-20)24-26(35-29(32-24)22-16-10-5-11-17-22)23-19(2)33-28(31-23)21-14-8-4-9-15-21/h3-17H,1-2H3. The number of benzene rings is 3. The van der Waals surface area contributed by atoms with E-state index in [2.05, 4.69) is 86.6 Å². The summed E-state index contributed by atoms with van der Waals surface area (Å²) in [4.78, 5) is 18.6. The minimum Gasteiger partial charge on any atom is -0.241 e. The molecule has 35 heavy (non-hydrogen) atoms. The molecule has 6 heteroatoms. The normalized spacial score (nSPS) is 11.1. The molecule has 0 unspecified atom stereocenters. The van der Waals surface area contributed by atoms with Gasteiger partial charge in [-0.3, -0.25) is 0 Å². The van der Waals surface area contributed by atoms with Crippen molar-refractivity contribution in [2.24, 2.45) is 0 Å². The first-order chi connectivity index (χ1) is 17.2. The highest BCUT2D eigenvalue weighted by Gasteiger charge is 2.24. The van der Waals surface area contributed by atoms with Gasteiger partial charge in [-0.2, -0.15) is 0 Å². The van der Waals surface area contributed by atoms with E-state index in [9.17, 15) is 0 Å². The fraction of sp³-hybridized carbons (Fsp3) is 0.0690. The van der Waals surface area contributed by atoms with Gasteiger partial charge in [0.2, 0.25) is 0 Å². The quantitative estimate of drug-likeness (QED) is 0.234. The molecule has 0 saturated carbocycles. The molecule has 0 aliphatic carbocycles. The lowest BCUT2D eigenvalue weighted by molar-refractivity contribution is 1.26. The molecule has 0 amide bonds. The summed E-state index contributed by atoms with van der Waals surface area (Å²) in [6.45, 7) is 4.23. The van der Waals surface area contributed by atoms with Gasteiger partial charge in [0.1, 0.15) is 20.7 Å². The Morgan fingerprint density at radius 1 is 0.457 bits per heavy atom. The largest absolute Gasteiger partial charge is 0.241 e. The zero-order valence-electron chi connectivity index (χ0n) is 19.2. The molecular formula is C29H21N3S3. The van der Waals surface area contributed by atoms with Crippen LogP contribution in [0.5, 0.6) is 0 Å². The van der Waals surface area contributed by atoms with Crippen molar-refractivity contribution in [3.05, 3.63) is 102 Å². The molecule has 3 aromatic carbocycles. The maximum absolute atomic E-state index is 5.17. The molecule has 0 atom stereocenters. The summed E-state index contributed by atoms with van der Waals surface area (Å²) >= 11 is 5.14. The molecule has 3 heterocycles. The molecule has 6 rings (SSSR count). The fourth-order valence-electron chi connectivity index (χ4n) is 3.97. The van der Waals surface area contributed by atoms with Crippen molar-refractivity contribution in [2.75, 3.05) is 0 Å². The number of nitrogens with zero attached hydrogens (tertiary/aromatic N) is 3. The van der Waals surface area contributed by atoms with Crippen LogP contribution in [0, 0.1) is 13.8 Å². The Kier molecular flexibility index (Phi) is 5.86. The van der Waals surface area contributed by atoms with Crippen LogP contribution in [-0.2, 0) is 0 Å². The Labute approximate surface area is 216 Å². The third kappa shape index (κ3) is 4.25. The second-order valence-electron chi connectivity index (χ2n) is 8.15. The highest BCUT2D eigenvalue weighted by molar-refractivity contribution is 7.21. The summed E-state index contributed by atoms with van der Waals surface area (Å²) in [6.07, 6.45) is 0. The second kappa shape index (κ2) is 9.30. The Hall–Kier alpha value is -3.45. The number of thiazole rings is 3. The van der Waals surface area contributed by atoms with Crippen LogP contribution >= 0.6 is 34.0 Å². The van der Waals surface area contributed by atoms with E-state index < -0.39 is 0 Å². The van der Waals surface area contributed by atoms with Crippen molar-refractivity contribution in [1.82, 2.24) is 15.0 Å². The van der Waals surface area contributed by atoms with Gasteiger partial charge in [-0.15, -0.1) is 34.0 Å². The zero-order chi connectivity index (χ0) is 23.8. The predicted octanol–water partition coefficient (Wildman–Crippen LogP) is 9.01. The van der Waals surface area contributed by atoms with Crippen LogP contribution in [0.25, 0.3) is 52.9 Å². The number of aromatic nitrogens is 3. The van der Waals surface area contributed by atoms with Gasteiger partial charge in [-0.1, -0.05) is 91.0 Å². The van der Waals surface area contributed by atoms with E-state index in [0.717, 1.165) is 58.5 Å². The molecule has 3 nitrogen and oxygen atoms in total. The molecule has 6 aromatic rings. The summed E-state index contributed by atoms with van der Waals surface area (Å²) in [5.41, 5.74) is 6.36. The zero-order valence-corrected chi connectivity index (χ0v) is 21.7. The predicted molar refractivity (Wildman–Crippen MR) is 150 cm³/mol. The van der Waals surface area contributed by atoms with Crippen molar-refractivity contribution in [1.29, 1.82) is 0 Å². The fourth-order valence-corrected chi connectivity index (χ4v) is 7.22. The minimum absolute atomic E-state index is 0.971. The first-order valence-corrected chi connectivity index (χ1v) is 13.7. The molecule has 0 fully saturated rings. The monoisotopic (exact) mass is 507 g/mol. The van der Waals surface area contributed by atoms with Crippen LogP contribution in [0.2, 0.25) is 0 Å².